The van der Waals surface area contributed by atoms with Crippen LogP contribution in [0.4, 0.5) is 0 Å². The monoisotopic (exact) mass is 400 g/mol. The topological polar surface area (TPSA) is 40.1 Å². The Morgan fingerprint density at radius 1 is 1.25 bits per heavy atom. The molecule has 0 radical (unpaired) electrons. The maximum atomic E-state index is 5.47. The van der Waals surface area contributed by atoms with Gasteiger partial charge >= 0.3 is 0 Å². The van der Waals surface area contributed by atoms with Crippen LogP contribution in [-0.4, -0.2) is 56.6 Å². The van der Waals surface area contributed by atoms with Crippen molar-refractivity contribution in [2.24, 2.45) is 10.9 Å². The van der Waals surface area contributed by atoms with E-state index in [9.17, 15) is 0 Å². The van der Waals surface area contributed by atoms with Crippen LogP contribution in [0.5, 0.6) is 5.75 Å². The lowest BCUT2D eigenvalue weighted by atomic mass is 9.97. The molecule has 0 saturated carbocycles. The van der Waals surface area contributed by atoms with E-state index in [1.807, 2.05) is 36.6 Å². The van der Waals surface area contributed by atoms with Crippen LogP contribution < -0.4 is 10.1 Å². The minimum Gasteiger partial charge on any atom is -0.496 e. The number of rotatable bonds is 7. The normalized spacial score (nSPS) is 16.2. The molecule has 1 aromatic heterocycles. The van der Waals surface area contributed by atoms with Gasteiger partial charge in [0.05, 0.1) is 7.11 Å². The number of para-hydroxylation sites is 1. The molecule has 0 bridgehead atoms. The van der Waals surface area contributed by atoms with Crippen molar-refractivity contribution in [2.45, 2.75) is 25.9 Å². The minimum atomic E-state index is 0.705. The predicted octanol–water partition coefficient (Wildman–Crippen LogP) is 3.68. The highest BCUT2D eigenvalue weighted by Gasteiger charge is 2.20. The first-order chi connectivity index (χ1) is 13.7. The first-order valence-corrected chi connectivity index (χ1v) is 10.9. The van der Waals surface area contributed by atoms with E-state index in [1.165, 1.54) is 30.8 Å². The molecule has 0 spiro atoms. The molecule has 1 aromatic carbocycles. The van der Waals surface area contributed by atoms with Crippen LogP contribution in [-0.2, 0) is 13.1 Å². The van der Waals surface area contributed by atoms with E-state index < -0.39 is 0 Å². The molecule has 0 unspecified atom stereocenters. The molecule has 0 amide bonds. The Balaban J connectivity index is 1.44. The van der Waals surface area contributed by atoms with Gasteiger partial charge in [0.1, 0.15) is 5.75 Å². The van der Waals surface area contributed by atoms with Crippen molar-refractivity contribution in [1.29, 1.82) is 0 Å². The Morgan fingerprint density at radius 3 is 2.71 bits per heavy atom. The molecule has 6 heteroatoms. The van der Waals surface area contributed by atoms with Gasteiger partial charge in [-0.1, -0.05) is 24.3 Å². The number of thiophene rings is 1. The SMILES string of the molecule is CN=C(NCC1CCN(Cc2cccs2)CC1)N(C)Cc1ccccc1OC. The van der Waals surface area contributed by atoms with Crippen molar-refractivity contribution < 1.29 is 4.74 Å². The summed E-state index contributed by atoms with van der Waals surface area (Å²) < 4.78 is 5.47. The van der Waals surface area contributed by atoms with E-state index in [0.717, 1.165) is 36.9 Å². The second kappa shape index (κ2) is 10.5. The Morgan fingerprint density at radius 2 is 2.04 bits per heavy atom. The highest BCUT2D eigenvalue weighted by Crippen LogP contribution is 2.21. The van der Waals surface area contributed by atoms with Gasteiger partial charge < -0.3 is 15.0 Å². The van der Waals surface area contributed by atoms with Gasteiger partial charge in [0.2, 0.25) is 0 Å². The van der Waals surface area contributed by atoms with Gasteiger partial charge in [-0.3, -0.25) is 9.89 Å². The molecule has 2 aromatic rings. The Kier molecular flexibility index (Phi) is 7.74. The average molecular weight is 401 g/mol. The number of hydrogen-bond acceptors (Lipinski definition) is 4. The maximum Gasteiger partial charge on any atom is 0.193 e. The molecule has 1 aliphatic heterocycles. The molecular formula is C22H32N4OS. The summed E-state index contributed by atoms with van der Waals surface area (Å²) in [7, 11) is 5.65. The van der Waals surface area contributed by atoms with Crippen LogP contribution in [0, 0.1) is 5.92 Å². The lowest BCUT2D eigenvalue weighted by molar-refractivity contribution is 0.179. The molecule has 28 heavy (non-hydrogen) atoms. The molecule has 152 valence electrons. The van der Waals surface area contributed by atoms with Crippen molar-refractivity contribution in [2.75, 3.05) is 40.8 Å². The lowest BCUT2D eigenvalue weighted by Gasteiger charge is -2.32. The van der Waals surface area contributed by atoms with Gasteiger partial charge in [-0.2, -0.15) is 0 Å². The summed E-state index contributed by atoms with van der Waals surface area (Å²) in [6, 6.07) is 12.5. The molecule has 0 atom stereocenters. The highest BCUT2D eigenvalue weighted by atomic mass is 32.1. The van der Waals surface area contributed by atoms with Gasteiger partial charge in [0.25, 0.3) is 0 Å². The predicted molar refractivity (Wildman–Crippen MR) is 118 cm³/mol. The van der Waals surface area contributed by atoms with Crippen LogP contribution in [0.3, 0.4) is 0 Å². The number of ether oxygens (including phenoxy) is 1. The van der Waals surface area contributed by atoms with Crippen LogP contribution in [0.15, 0.2) is 46.8 Å². The number of hydrogen-bond donors (Lipinski definition) is 1. The standard InChI is InChI=1S/C22H32N4OS/c1-23-22(25(2)16-19-7-4-5-9-21(19)27-3)24-15-18-10-12-26(13-11-18)17-20-8-6-14-28-20/h4-9,14,18H,10-13,15-17H2,1-3H3,(H,23,24). The fourth-order valence-corrected chi connectivity index (χ4v) is 4.50. The summed E-state index contributed by atoms with van der Waals surface area (Å²) in [4.78, 5) is 10.7. The quantitative estimate of drug-likeness (QED) is 0.569. The smallest absolute Gasteiger partial charge is 0.193 e. The highest BCUT2D eigenvalue weighted by molar-refractivity contribution is 7.09. The van der Waals surface area contributed by atoms with Crippen LogP contribution >= 0.6 is 11.3 Å². The fraction of sp³-hybridized carbons (Fsp3) is 0.500. The average Bonchev–Trinajstić information content (AvgIpc) is 3.23. The molecule has 3 rings (SSSR count). The summed E-state index contributed by atoms with van der Waals surface area (Å²) in [5.41, 5.74) is 1.16. The number of nitrogens with zero attached hydrogens (tertiary/aromatic N) is 3. The number of piperidine rings is 1. The Labute approximate surface area is 173 Å². The number of aliphatic imine (C=N–C) groups is 1. The van der Waals surface area contributed by atoms with Crippen molar-refractivity contribution in [3.63, 3.8) is 0 Å². The third kappa shape index (κ3) is 5.72. The molecule has 1 saturated heterocycles. The summed E-state index contributed by atoms with van der Waals surface area (Å²) >= 11 is 1.86. The lowest BCUT2D eigenvalue weighted by Crippen LogP contribution is -2.43. The second-order valence-electron chi connectivity index (χ2n) is 7.39. The van der Waals surface area contributed by atoms with Crippen LogP contribution in [0.25, 0.3) is 0 Å². The van der Waals surface area contributed by atoms with E-state index in [4.69, 9.17) is 4.74 Å². The van der Waals surface area contributed by atoms with E-state index >= 15 is 0 Å². The number of benzene rings is 1. The summed E-state index contributed by atoms with van der Waals surface area (Å²) in [5, 5.41) is 5.74. The van der Waals surface area contributed by atoms with Crippen LogP contribution in [0.2, 0.25) is 0 Å². The first kappa shape index (κ1) is 20.7. The van der Waals surface area contributed by atoms with E-state index in [1.54, 1.807) is 7.11 Å². The number of likely N-dealkylation sites (tertiary alicyclic amines) is 1. The third-order valence-electron chi connectivity index (χ3n) is 5.39. The van der Waals surface area contributed by atoms with Crippen molar-refractivity contribution in [1.82, 2.24) is 15.1 Å². The molecular weight excluding hydrogens is 368 g/mol. The number of methoxy groups -OCH3 is 1. The summed E-state index contributed by atoms with van der Waals surface area (Å²) in [5.74, 6) is 2.56. The Hall–Kier alpha value is -2.05. The van der Waals surface area contributed by atoms with Gasteiger partial charge in [-0.05, 0) is 49.4 Å². The molecule has 2 heterocycles. The zero-order valence-corrected chi connectivity index (χ0v) is 18.0. The maximum absolute atomic E-state index is 5.47. The minimum absolute atomic E-state index is 0.705. The van der Waals surface area contributed by atoms with Crippen molar-refractivity contribution in [3.8, 4) is 5.75 Å². The molecule has 5 nitrogen and oxygen atoms in total. The van der Waals surface area contributed by atoms with Crippen LogP contribution in [0.1, 0.15) is 23.3 Å². The number of nitrogens with one attached hydrogen (secondary N) is 1. The van der Waals surface area contributed by atoms with E-state index in [0.29, 0.717) is 5.92 Å². The molecule has 1 N–H and O–H groups in total. The van der Waals surface area contributed by atoms with E-state index in [2.05, 4.69) is 50.7 Å². The molecule has 1 aliphatic rings. The number of guanidine groups is 1. The first-order valence-electron chi connectivity index (χ1n) is 9.98. The molecule has 1 fully saturated rings. The summed E-state index contributed by atoms with van der Waals surface area (Å²) in [6.45, 7) is 5.21. The van der Waals surface area contributed by atoms with E-state index in [-0.39, 0.29) is 0 Å². The van der Waals surface area contributed by atoms with Gasteiger partial charge in [0.15, 0.2) is 5.96 Å². The van der Waals surface area contributed by atoms with Gasteiger partial charge in [-0.15, -0.1) is 11.3 Å². The van der Waals surface area contributed by atoms with Crippen molar-refractivity contribution in [3.05, 3.63) is 52.2 Å². The Bertz CT molecular complexity index is 739. The largest absolute Gasteiger partial charge is 0.496 e. The van der Waals surface area contributed by atoms with Gasteiger partial charge in [0, 0.05) is 44.2 Å². The molecule has 0 aliphatic carbocycles. The zero-order valence-electron chi connectivity index (χ0n) is 17.2. The van der Waals surface area contributed by atoms with Gasteiger partial charge in [-0.25, -0.2) is 0 Å². The second-order valence-corrected chi connectivity index (χ2v) is 8.43. The summed E-state index contributed by atoms with van der Waals surface area (Å²) in [6.07, 6.45) is 2.48. The zero-order chi connectivity index (χ0) is 19.8. The fourth-order valence-electron chi connectivity index (χ4n) is 3.76. The van der Waals surface area contributed by atoms with Crippen molar-refractivity contribution >= 4 is 17.3 Å². The third-order valence-corrected chi connectivity index (χ3v) is 6.25.